The molecule has 0 radical (unpaired) electrons. The molecule has 0 unspecified atom stereocenters. The number of ether oxygens (including phenoxy) is 2. The summed E-state index contributed by atoms with van der Waals surface area (Å²) in [6.07, 6.45) is 6.36. The SMILES string of the molecule is C.CN1C(=O)[C@@H](NC(=O)c2cc(Oc3cccnc3)ccn2)COc2ccc3ncccc3c21. The normalized spacial score (nSPS) is 14.9. The van der Waals surface area contributed by atoms with Crippen LogP contribution in [0, 0.1) is 0 Å². The second-order valence-corrected chi connectivity index (χ2v) is 7.38. The highest BCUT2D eigenvalue weighted by atomic mass is 16.5. The molecule has 0 saturated carbocycles. The molecule has 34 heavy (non-hydrogen) atoms. The number of rotatable bonds is 4. The van der Waals surface area contributed by atoms with Crippen LogP contribution < -0.4 is 19.7 Å². The summed E-state index contributed by atoms with van der Waals surface area (Å²) in [5.41, 5.74) is 1.48. The minimum Gasteiger partial charge on any atom is -0.489 e. The molecule has 4 heterocycles. The van der Waals surface area contributed by atoms with Crippen LogP contribution in [0.1, 0.15) is 17.9 Å². The standard InChI is InChI=1S/C24H19N5O4.CH4/c1-29-22-17-5-3-10-26-18(17)6-7-21(22)32-14-20(24(29)31)28-23(30)19-12-15(8-11-27-19)33-16-4-2-9-25-13-16;/h2-13,20H,14H2,1H3,(H,28,30);1H4/t20-;/m0./s1. The number of hydrogen-bond acceptors (Lipinski definition) is 7. The van der Waals surface area contributed by atoms with Crippen LogP contribution in [0.4, 0.5) is 5.69 Å². The van der Waals surface area contributed by atoms with Crippen molar-refractivity contribution in [2.75, 3.05) is 18.6 Å². The maximum absolute atomic E-state index is 13.2. The van der Waals surface area contributed by atoms with Gasteiger partial charge in [-0.15, -0.1) is 0 Å². The molecule has 0 aliphatic carbocycles. The van der Waals surface area contributed by atoms with Crippen LogP contribution in [0.15, 0.2) is 73.3 Å². The summed E-state index contributed by atoms with van der Waals surface area (Å²) in [7, 11) is 1.65. The number of nitrogens with one attached hydrogen (secondary N) is 1. The van der Waals surface area contributed by atoms with Crippen LogP contribution in [0.3, 0.4) is 0 Å². The first kappa shape index (κ1) is 22.7. The largest absolute Gasteiger partial charge is 0.489 e. The zero-order chi connectivity index (χ0) is 22.8. The predicted molar refractivity (Wildman–Crippen MR) is 127 cm³/mol. The fraction of sp³-hybridized carbons (Fsp3) is 0.160. The lowest BCUT2D eigenvalue weighted by Crippen LogP contribution is -2.49. The summed E-state index contributed by atoms with van der Waals surface area (Å²) in [6, 6.07) is 13.0. The maximum Gasteiger partial charge on any atom is 0.270 e. The lowest BCUT2D eigenvalue weighted by atomic mass is 10.1. The molecular weight excluding hydrogens is 434 g/mol. The Labute approximate surface area is 196 Å². The highest BCUT2D eigenvalue weighted by Gasteiger charge is 2.32. The molecule has 1 aliphatic heterocycles. The fourth-order valence-electron chi connectivity index (χ4n) is 3.65. The number of carbonyl (C=O) groups excluding carboxylic acids is 2. The van der Waals surface area contributed by atoms with Gasteiger partial charge in [0.1, 0.15) is 35.6 Å². The van der Waals surface area contributed by atoms with Crippen molar-refractivity contribution in [3.63, 3.8) is 0 Å². The van der Waals surface area contributed by atoms with Crippen molar-refractivity contribution in [3.05, 3.63) is 79.0 Å². The number of likely N-dealkylation sites (N-methyl/N-ethyl adjacent to an activating group) is 1. The Morgan fingerprint density at radius 2 is 1.94 bits per heavy atom. The molecule has 4 aromatic rings. The number of nitrogens with zero attached hydrogens (tertiary/aromatic N) is 4. The molecule has 2 amide bonds. The lowest BCUT2D eigenvalue weighted by molar-refractivity contribution is -0.120. The van der Waals surface area contributed by atoms with E-state index in [0.717, 1.165) is 10.9 Å². The van der Waals surface area contributed by atoms with Gasteiger partial charge in [-0.1, -0.05) is 7.43 Å². The van der Waals surface area contributed by atoms with Crippen LogP contribution in [-0.2, 0) is 4.79 Å². The van der Waals surface area contributed by atoms with Crippen LogP contribution in [-0.4, -0.2) is 46.5 Å². The van der Waals surface area contributed by atoms with E-state index in [0.29, 0.717) is 22.9 Å². The van der Waals surface area contributed by atoms with E-state index in [4.69, 9.17) is 9.47 Å². The van der Waals surface area contributed by atoms with Crippen molar-refractivity contribution in [2.45, 2.75) is 13.5 Å². The van der Waals surface area contributed by atoms with E-state index in [2.05, 4.69) is 20.3 Å². The zero-order valence-electron chi connectivity index (χ0n) is 17.6. The Morgan fingerprint density at radius 1 is 1.09 bits per heavy atom. The number of benzene rings is 1. The van der Waals surface area contributed by atoms with E-state index in [1.54, 1.807) is 56.0 Å². The van der Waals surface area contributed by atoms with Crippen LogP contribution >= 0.6 is 0 Å². The van der Waals surface area contributed by atoms with Gasteiger partial charge in [-0.3, -0.25) is 24.5 Å². The van der Waals surface area contributed by atoms with Gasteiger partial charge < -0.3 is 19.7 Å². The average molecular weight is 457 g/mol. The number of hydrogen-bond donors (Lipinski definition) is 1. The molecule has 9 heteroatoms. The Hall–Kier alpha value is -4.53. The average Bonchev–Trinajstić information content (AvgIpc) is 2.97. The van der Waals surface area contributed by atoms with Crippen LogP contribution in [0.5, 0.6) is 17.2 Å². The van der Waals surface area contributed by atoms with Gasteiger partial charge in [0.2, 0.25) is 0 Å². The molecule has 9 nitrogen and oxygen atoms in total. The first-order valence-corrected chi connectivity index (χ1v) is 10.2. The molecule has 1 aliphatic rings. The number of pyridine rings is 3. The van der Waals surface area contributed by atoms with Gasteiger partial charge in [0.15, 0.2) is 0 Å². The Kier molecular flexibility index (Phi) is 6.35. The number of anilines is 1. The minimum absolute atomic E-state index is 0. The van der Waals surface area contributed by atoms with E-state index < -0.39 is 11.9 Å². The van der Waals surface area contributed by atoms with Gasteiger partial charge in [-0.2, -0.15) is 0 Å². The molecule has 3 aromatic heterocycles. The summed E-state index contributed by atoms with van der Waals surface area (Å²) in [6.45, 7) is -0.0143. The van der Waals surface area contributed by atoms with Crippen LogP contribution in [0.2, 0.25) is 0 Å². The third-order valence-electron chi connectivity index (χ3n) is 5.23. The molecule has 1 atom stereocenters. The summed E-state index contributed by atoms with van der Waals surface area (Å²) in [5.74, 6) is 0.687. The van der Waals surface area contributed by atoms with Crippen molar-refractivity contribution >= 4 is 28.4 Å². The smallest absolute Gasteiger partial charge is 0.270 e. The Bertz CT molecular complexity index is 1350. The summed E-state index contributed by atoms with van der Waals surface area (Å²) in [4.78, 5) is 40.0. The molecule has 5 rings (SSSR count). The second-order valence-electron chi connectivity index (χ2n) is 7.38. The van der Waals surface area contributed by atoms with E-state index >= 15 is 0 Å². The monoisotopic (exact) mass is 457 g/mol. The van der Waals surface area contributed by atoms with Gasteiger partial charge in [-0.25, -0.2) is 0 Å². The van der Waals surface area contributed by atoms with E-state index in [1.165, 1.54) is 17.2 Å². The second kappa shape index (κ2) is 9.53. The van der Waals surface area contributed by atoms with Gasteiger partial charge in [0.05, 0.1) is 17.4 Å². The molecule has 0 fully saturated rings. The molecule has 0 bridgehead atoms. The van der Waals surface area contributed by atoms with E-state index in [1.807, 2.05) is 12.1 Å². The summed E-state index contributed by atoms with van der Waals surface area (Å²) >= 11 is 0. The van der Waals surface area contributed by atoms with Gasteiger partial charge in [0, 0.05) is 37.1 Å². The number of carbonyl (C=O) groups is 2. The van der Waals surface area contributed by atoms with Gasteiger partial charge in [0.25, 0.3) is 11.8 Å². The summed E-state index contributed by atoms with van der Waals surface area (Å²) < 4.78 is 11.6. The zero-order valence-corrected chi connectivity index (χ0v) is 17.6. The molecule has 1 aromatic carbocycles. The maximum atomic E-state index is 13.2. The highest BCUT2D eigenvalue weighted by molar-refractivity contribution is 6.08. The molecule has 0 spiro atoms. The molecular formula is C25H23N5O4. The topological polar surface area (TPSA) is 107 Å². The number of aromatic nitrogens is 3. The fourth-order valence-corrected chi connectivity index (χ4v) is 3.65. The molecule has 0 saturated heterocycles. The Morgan fingerprint density at radius 3 is 2.76 bits per heavy atom. The van der Waals surface area contributed by atoms with Crippen molar-refractivity contribution in [2.24, 2.45) is 0 Å². The quantitative estimate of drug-likeness (QED) is 0.499. The van der Waals surface area contributed by atoms with Gasteiger partial charge in [-0.05, 0) is 42.5 Å². The van der Waals surface area contributed by atoms with Crippen molar-refractivity contribution in [1.82, 2.24) is 20.3 Å². The third-order valence-corrected chi connectivity index (χ3v) is 5.23. The number of fused-ring (bicyclic) bond motifs is 3. The lowest BCUT2D eigenvalue weighted by Gasteiger charge is -2.21. The van der Waals surface area contributed by atoms with Crippen molar-refractivity contribution in [1.29, 1.82) is 0 Å². The van der Waals surface area contributed by atoms with Gasteiger partial charge >= 0.3 is 0 Å². The van der Waals surface area contributed by atoms with Crippen molar-refractivity contribution in [3.8, 4) is 17.2 Å². The first-order valence-electron chi connectivity index (χ1n) is 10.2. The predicted octanol–water partition coefficient (Wildman–Crippen LogP) is 3.61. The molecule has 1 N–H and O–H groups in total. The molecule has 172 valence electrons. The first-order chi connectivity index (χ1) is 16.1. The number of amides is 2. The third kappa shape index (κ3) is 4.36. The highest BCUT2D eigenvalue weighted by Crippen LogP contribution is 2.37. The van der Waals surface area contributed by atoms with Crippen molar-refractivity contribution < 1.29 is 19.1 Å². The van der Waals surface area contributed by atoms with E-state index in [-0.39, 0.29) is 25.6 Å². The van der Waals surface area contributed by atoms with Crippen LogP contribution in [0.25, 0.3) is 10.9 Å². The minimum atomic E-state index is -0.897. The Balaban J connectivity index is 0.00000274. The summed E-state index contributed by atoms with van der Waals surface area (Å²) in [5, 5.41) is 3.52. The van der Waals surface area contributed by atoms with E-state index in [9.17, 15) is 9.59 Å².